The van der Waals surface area contributed by atoms with E-state index in [9.17, 15) is 19.6 Å². The van der Waals surface area contributed by atoms with E-state index in [0.29, 0.717) is 36.7 Å². The first-order chi connectivity index (χ1) is 21.8. The van der Waals surface area contributed by atoms with Crippen LogP contribution in [-0.4, -0.2) is 93.0 Å². The van der Waals surface area contributed by atoms with Crippen molar-refractivity contribution in [3.63, 3.8) is 0 Å². The van der Waals surface area contributed by atoms with Gasteiger partial charge >= 0.3 is 0 Å². The zero-order chi connectivity index (χ0) is 31.7. The number of carbonyl (C=O) groups is 3. The van der Waals surface area contributed by atoms with E-state index >= 15 is 0 Å². The Morgan fingerprint density at radius 1 is 1.00 bits per heavy atom. The molecule has 0 radical (unpaired) electrons. The summed E-state index contributed by atoms with van der Waals surface area (Å²) in [6.07, 6.45) is 3.94. The molecule has 4 saturated heterocycles. The van der Waals surface area contributed by atoms with E-state index in [4.69, 9.17) is 4.74 Å². The summed E-state index contributed by atoms with van der Waals surface area (Å²) in [5.74, 6) is 0.0324. The highest BCUT2D eigenvalue weighted by Crippen LogP contribution is 2.34. The Bertz CT molecular complexity index is 1500. The summed E-state index contributed by atoms with van der Waals surface area (Å²) >= 11 is 0. The van der Waals surface area contributed by atoms with Gasteiger partial charge in [0.05, 0.1) is 30.6 Å². The number of nitriles is 1. The van der Waals surface area contributed by atoms with E-state index in [1.165, 1.54) is 16.8 Å². The number of aryl methyl sites for hydroxylation is 2. The Balaban J connectivity index is 0.976. The summed E-state index contributed by atoms with van der Waals surface area (Å²) in [5.41, 5.74) is 5.86. The van der Waals surface area contributed by atoms with Gasteiger partial charge in [-0.3, -0.25) is 24.6 Å². The number of benzene rings is 2. The molecular formula is C35H44N6O4. The summed E-state index contributed by atoms with van der Waals surface area (Å²) in [5, 5.41) is 12.2. The van der Waals surface area contributed by atoms with Crippen molar-refractivity contribution in [1.82, 2.24) is 15.1 Å². The summed E-state index contributed by atoms with van der Waals surface area (Å²) < 4.78 is 5.62. The van der Waals surface area contributed by atoms with Gasteiger partial charge in [0.2, 0.25) is 17.7 Å². The predicted molar refractivity (Wildman–Crippen MR) is 172 cm³/mol. The lowest BCUT2D eigenvalue weighted by molar-refractivity contribution is -0.138. The van der Waals surface area contributed by atoms with Crippen molar-refractivity contribution in [1.29, 1.82) is 5.26 Å². The van der Waals surface area contributed by atoms with Crippen molar-refractivity contribution in [2.45, 2.75) is 57.9 Å². The topological polar surface area (TPSA) is 109 Å². The second-order valence-electron chi connectivity index (χ2n) is 12.9. The quantitative estimate of drug-likeness (QED) is 0.475. The SMILES string of the molecule is CCc1cc(C)c(OC)cc1N1CCC(N2CCN(C(=O)C3CN(c4ccc(C5CCC(=O)NC5=O)c(C#N)c4)C3)CC2)CC1. The fourth-order valence-corrected chi connectivity index (χ4v) is 7.55. The van der Waals surface area contributed by atoms with E-state index in [0.717, 1.165) is 70.0 Å². The van der Waals surface area contributed by atoms with Crippen molar-refractivity contribution in [3.8, 4) is 11.8 Å². The van der Waals surface area contributed by atoms with E-state index < -0.39 is 5.92 Å². The molecule has 10 heteroatoms. The molecule has 4 aliphatic rings. The van der Waals surface area contributed by atoms with Crippen molar-refractivity contribution >= 4 is 29.1 Å². The van der Waals surface area contributed by atoms with Crippen LogP contribution in [0.4, 0.5) is 11.4 Å². The highest BCUT2D eigenvalue weighted by Gasteiger charge is 2.38. The molecule has 0 spiro atoms. The highest BCUT2D eigenvalue weighted by atomic mass is 16.5. The van der Waals surface area contributed by atoms with Gasteiger partial charge in [0.1, 0.15) is 5.75 Å². The van der Waals surface area contributed by atoms with Gasteiger partial charge in [0.15, 0.2) is 0 Å². The number of imide groups is 1. The normalized spacial score (nSPS) is 21.7. The molecule has 0 saturated carbocycles. The first-order valence-corrected chi connectivity index (χ1v) is 16.4. The van der Waals surface area contributed by atoms with Crippen molar-refractivity contribution < 1.29 is 19.1 Å². The molecule has 45 heavy (non-hydrogen) atoms. The minimum atomic E-state index is -0.491. The van der Waals surface area contributed by atoms with E-state index in [-0.39, 0.29) is 30.1 Å². The van der Waals surface area contributed by atoms with Gasteiger partial charge in [-0.05, 0) is 61.4 Å². The summed E-state index contributed by atoms with van der Waals surface area (Å²) in [6.45, 7) is 11.0. The summed E-state index contributed by atoms with van der Waals surface area (Å²) in [7, 11) is 1.74. The molecular weight excluding hydrogens is 568 g/mol. The number of anilines is 2. The smallest absolute Gasteiger partial charge is 0.234 e. The minimum absolute atomic E-state index is 0.0422. The Morgan fingerprint density at radius 3 is 2.38 bits per heavy atom. The molecule has 2 aromatic carbocycles. The molecule has 0 aliphatic carbocycles. The molecule has 4 fully saturated rings. The Kier molecular flexibility index (Phi) is 8.99. The largest absolute Gasteiger partial charge is 0.496 e. The second-order valence-corrected chi connectivity index (χ2v) is 12.9. The van der Waals surface area contributed by atoms with E-state index in [1.807, 2.05) is 23.1 Å². The standard InChI is InChI=1S/C35H44N6O4/c1-4-24-17-23(2)32(45-3)19-31(24)39-11-9-27(10-12-39)38-13-15-40(16-14-38)35(44)26-21-41(22-26)28-5-6-29(25(18-28)20-36)30-7-8-33(42)37-34(30)43/h5-6,17-19,26-27,30H,4,7-16,21-22H2,1-3H3,(H,37,42,43). The Labute approximate surface area is 265 Å². The van der Waals surface area contributed by atoms with Gasteiger partial charge in [-0.25, -0.2) is 0 Å². The molecule has 238 valence electrons. The fourth-order valence-electron chi connectivity index (χ4n) is 7.55. The number of ether oxygens (including phenoxy) is 1. The van der Waals surface area contributed by atoms with Gasteiger partial charge in [-0.15, -0.1) is 0 Å². The lowest BCUT2D eigenvalue weighted by Gasteiger charge is -2.46. The number of nitrogens with zero attached hydrogens (tertiary/aromatic N) is 5. The third-order valence-electron chi connectivity index (χ3n) is 10.3. The minimum Gasteiger partial charge on any atom is -0.496 e. The van der Waals surface area contributed by atoms with Crippen LogP contribution in [0.25, 0.3) is 0 Å². The molecule has 0 aromatic heterocycles. The lowest BCUT2D eigenvalue weighted by atomic mass is 9.87. The number of rotatable bonds is 7. The van der Waals surface area contributed by atoms with Crippen LogP contribution in [0.1, 0.15) is 60.8 Å². The number of piperidine rings is 2. The monoisotopic (exact) mass is 612 g/mol. The van der Waals surface area contributed by atoms with E-state index in [2.05, 4.69) is 52.1 Å². The summed E-state index contributed by atoms with van der Waals surface area (Å²) in [6, 6.07) is 12.8. The zero-order valence-electron chi connectivity index (χ0n) is 26.7. The molecule has 4 heterocycles. The molecule has 4 aliphatic heterocycles. The second kappa shape index (κ2) is 13.1. The maximum Gasteiger partial charge on any atom is 0.234 e. The number of carbonyl (C=O) groups excluding carboxylic acids is 3. The number of methoxy groups -OCH3 is 1. The number of amides is 3. The van der Waals surface area contributed by atoms with Crippen LogP contribution in [0, 0.1) is 24.2 Å². The maximum atomic E-state index is 13.4. The van der Waals surface area contributed by atoms with Crippen molar-refractivity contribution in [2.75, 3.05) is 69.3 Å². The average Bonchev–Trinajstić information content (AvgIpc) is 3.04. The molecule has 10 nitrogen and oxygen atoms in total. The zero-order valence-corrected chi connectivity index (χ0v) is 26.7. The summed E-state index contributed by atoms with van der Waals surface area (Å²) in [4.78, 5) is 46.5. The third-order valence-corrected chi connectivity index (χ3v) is 10.3. The first kappa shape index (κ1) is 30.9. The molecule has 1 atom stereocenters. The van der Waals surface area contributed by atoms with Crippen LogP contribution in [0.5, 0.6) is 5.75 Å². The fraction of sp³-hybridized carbons (Fsp3) is 0.543. The molecule has 1 N–H and O–H groups in total. The number of nitrogens with one attached hydrogen (secondary N) is 1. The molecule has 3 amide bonds. The van der Waals surface area contributed by atoms with E-state index in [1.54, 1.807) is 7.11 Å². The van der Waals surface area contributed by atoms with Gasteiger partial charge in [-0.1, -0.05) is 19.1 Å². The number of piperazine rings is 1. The number of hydrogen-bond acceptors (Lipinski definition) is 8. The maximum absolute atomic E-state index is 13.4. The van der Waals surface area contributed by atoms with Crippen LogP contribution >= 0.6 is 0 Å². The van der Waals surface area contributed by atoms with Crippen LogP contribution < -0.4 is 19.9 Å². The highest BCUT2D eigenvalue weighted by molar-refractivity contribution is 6.01. The Morgan fingerprint density at radius 2 is 1.73 bits per heavy atom. The predicted octanol–water partition coefficient (Wildman–Crippen LogP) is 3.21. The van der Waals surface area contributed by atoms with Gasteiger partial charge in [0, 0.05) is 82.3 Å². The lowest BCUT2D eigenvalue weighted by Crippen LogP contribution is -2.59. The van der Waals surface area contributed by atoms with Crippen LogP contribution in [0.15, 0.2) is 30.3 Å². The molecule has 1 unspecified atom stereocenters. The Hall–Kier alpha value is -4.10. The molecule has 6 rings (SSSR count). The van der Waals surface area contributed by atoms with Gasteiger partial charge < -0.3 is 19.4 Å². The van der Waals surface area contributed by atoms with Crippen LogP contribution in [0.2, 0.25) is 0 Å². The third kappa shape index (κ3) is 6.23. The van der Waals surface area contributed by atoms with Crippen LogP contribution in [-0.2, 0) is 20.8 Å². The van der Waals surface area contributed by atoms with Gasteiger partial charge in [0.25, 0.3) is 0 Å². The average molecular weight is 613 g/mol. The first-order valence-electron chi connectivity index (χ1n) is 16.4. The molecule has 2 aromatic rings. The van der Waals surface area contributed by atoms with Crippen LogP contribution in [0.3, 0.4) is 0 Å². The molecule has 0 bridgehead atoms. The van der Waals surface area contributed by atoms with Crippen molar-refractivity contribution in [3.05, 3.63) is 52.6 Å². The number of hydrogen-bond donors (Lipinski definition) is 1. The van der Waals surface area contributed by atoms with Gasteiger partial charge in [-0.2, -0.15) is 5.26 Å². The van der Waals surface area contributed by atoms with Crippen molar-refractivity contribution in [2.24, 2.45) is 5.92 Å².